The van der Waals surface area contributed by atoms with Gasteiger partial charge in [-0.05, 0) is 36.4 Å². The number of anilines is 2. The van der Waals surface area contributed by atoms with Crippen LogP contribution in [0.3, 0.4) is 0 Å². The molecule has 0 saturated carbocycles. The first-order valence-electron chi connectivity index (χ1n) is 10.9. The van der Waals surface area contributed by atoms with E-state index in [1.165, 1.54) is 47.0 Å². The summed E-state index contributed by atoms with van der Waals surface area (Å²) in [6.45, 7) is 0. The van der Waals surface area contributed by atoms with Crippen LogP contribution in [0.1, 0.15) is 0 Å². The molecular formula is C24H18N6O4S3. The van der Waals surface area contributed by atoms with Gasteiger partial charge in [0, 0.05) is 11.8 Å². The third-order valence-electron chi connectivity index (χ3n) is 5.06. The number of carbonyl (C=O) groups excluding carboxylic acids is 2. The third kappa shape index (κ3) is 6.07. The Bertz CT molecular complexity index is 1600. The highest BCUT2D eigenvalue weighted by Crippen LogP contribution is 2.32. The smallest absolute Gasteiger partial charge is 0.292 e. The van der Waals surface area contributed by atoms with Gasteiger partial charge < -0.3 is 15.6 Å². The topological polar surface area (TPSA) is 143 Å². The Labute approximate surface area is 222 Å². The Balaban J connectivity index is 1.16. The monoisotopic (exact) mass is 550 g/mol. The molecule has 0 radical (unpaired) electrons. The van der Waals surface area contributed by atoms with E-state index < -0.39 is 4.92 Å². The number of nitrogens with one attached hydrogen (secondary N) is 3. The summed E-state index contributed by atoms with van der Waals surface area (Å²) in [7, 11) is 0. The molecular weight excluding hydrogens is 533 g/mol. The molecule has 0 fully saturated rings. The second kappa shape index (κ2) is 11.0. The Morgan fingerprint density at radius 1 is 0.919 bits per heavy atom. The summed E-state index contributed by atoms with van der Waals surface area (Å²) in [5.74, 6) is -0.269. The first kappa shape index (κ1) is 24.7. The summed E-state index contributed by atoms with van der Waals surface area (Å²) in [6.07, 6.45) is 0. The molecule has 0 bridgehead atoms. The number of thiazole rings is 1. The maximum atomic E-state index is 12.5. The van der Waals surface area contributed by atoms with Crippen molar-refractivity contribution in [3.63, 3.8) is 0 Å². The van der Waals surface area contributed by atoms with Crippen molar-refractivity contribution in [3.05, 3.63) is 76.8 Å². The van der Waals surface area contributed by atoms with Crippen molar-refractivity contribution in [1.82, 2.24) is 15.0 Å². The third-order valence-corrected chi connectivity index (χ3v) is 8.10. The van der Waals surface area contributed by atoms with Crippen LogP contribution in [0.15, 0.2) is 76.2 Å². The highest BCUT2D eigenvalue weighted by Gasteiger charge is 2.16. The number of imidazole rings is 1. The first-order valence-corrected chi connectivity index (χ1v) is 13.7. The summed E-state index contributed by atoms with van der Waals surface area (Å²) in [5, 5.41) is 17.3. The van der Waals surface area contributed by atoms with Crippen LogP contribution < -0.4 is 10.6 Å². The molecule has 0 aliphatic heterocycles. The molecule has 0 saturated heterocycles. The van der Waals surface area contributed by atoms with Gasteiger partial charge in [0.1, 0.15) is 5.69 Å². The molecule has 10 nitrogen and oxygen atoms in total. The zero-order valence-corrected chi connectivity index (χ0v) is 21.4. The lowest BCUT2D eigenvalue weighted by atomic mass is 10.2. The van der Waals surface area contributed by atoms with E-state index in [9.17, 15) is 19.7 Å². The van der Waals surface area contributed by atoms with Crippen molar-refractivity contribution in [3.8, 4) is 0 Å². The minimum absolute atomic E-state index is 0.0501. The molecule has 186 valence electrons. The van der Waals surface area contributed by atoms with Crippen molar-refractivity contribution in [2.45, 2.75) is 9.50 Å². The fourth-order valence-electron chi connectivity index (χ4n) is 3.42. The van der Waals surface area contributed by atoms with E-state index in [4.69, 9.17) is 0 Å². The van der Waals surface area contributed by atoms with Crippen LogP contribution in [0.5, 0.6) is 0 Å². The zero-order valence-electron chi connectivity index (χ0n) is 19.0. The molecule has 0 spiro atoms. The normalized spacial score (nSPS) is 11.0. The molecule has 2 amide bonds. The maximum Gasteiger partial charge on any atom is 0.292 e. The number of nitro benzene ring substituents is 1. The predicted octanol–water partition coefficient (Wildman–Crippen LogP) is 5.54. The average Bonchev–Trinajstić information content (AvgIpc) is 3.49. The van der Waals surface area contributed by atoms with Crippen LogP contribution >= 0.6 is 34.9 Å². The van der Waals surface area contributed by atoms with E-state index in [-0.39, 0.29) is 34.7 Å². The van der Waals surface area contributed by atoms with Crippen LogP contribution in [0.4, 0.5) is 17.1 Å². The number of hydrogen-bond donors (Lipinski definition) is 3. The van der Waals surface area contributed by atoms with Gasteiger partial charge in [0.25, 0.3) is 5.69 Å². The molecule has 3 aromatic carbocycles. The van der Waals surface area contributed by atoms with Crippen LogP contribution in [0.2, 0.25) is 0 Å². The second-order valence-corrected chi connectivity index (χ2v) is 10.9. The van der Waals surface area contributed by atoms with Crippen molar-refractivity contribution in [2.24, 2.45) is 0 Å². The van der Waals surface area contributed by atoms with Crippen LogP contribution in [-0.4, -0.2) is 43.2 Å². The van der Waals surface area contributed by atoms with E-state index in [0.29, 0.717) is 15.2 Å². The van der Waals surface area contributed by atoms with Gasteiger partial charge in [0.2, 0.25) is 11.8 Å². The number of fused-ring (bicyclic) bond motifs is 2. The van der Waals surface area contributed by atoms with Gasteiger partial charge >= 0.3 is 0 Å². The van der Waals surface area contributed by atoms with E-state index in [2.05, 4.69) is 25.6 Å². The maximum absolute atomic E-state index is 12.5. The molecule has 0 aliphatic carbocycles. The van der Waals surface area contributed by atoms with Crippen LogP contribution in [-0.2, 0) is 9.59 Å². The van der Waals surface area contributed by atoms with Gasteiger partial charge in [-0.1, -0.05) is 47.8 Å². The number of rotatable bonds is 9. The van der Waals surface area contributed by atoms with Crippen molar-refractivity contribution < 1.29 is 14.5 Å². The Kier molecular flexibility index (Phi) is 7.35. The number of carbonyl (C=O) groups is 2. The molecule has 0 atom stereocenters. The number of aromatic nitrogens is 3. The number of H-pyrrole nitrogens is 1. The number of aromatic amines is 1. The van der Waals surface area contributed by atoms with Gasteiger partial charge in [-0.3, -0.25) is 19.7 Å². The van der Waals surface area contributed by atoms with Crippen molar-refractivity contribution in [2.75, 3.05) is 22.1 Å². The lowest BCUT2D eigenvalue weighted by Crippen LogP contribution is -2.15. The lowest BCUT2D eigenvalue weighted by Gasteiger charge is -2.04. The molecule has 13 heteroatoms. The molecule has 0 unspecified atom stereocenters. The molecule has 2 heterocycles. The number of benzene rings is 3. The number of thioether (sulfide) groups is 2. The van der Waals surface area contributed by atoms with Gasteiger partial charge in [-0.25, -0.2) is 9.97 Å². The lowest BCUT2D eigenvalue weighted by molar-refractivity contribution is -0.383. The number of para-hydroxylation sites is 4. The highest BCUT2D eigenvalue weighted by molar-refractivity contribution is 8.01. The molecule has 2 aromatic heterocycles. The number of nitrogens with zero attached hydrogens (tertiary/aromatic N) is 3. The summed E-state index contributed by atoms with van der Waals surface area (Å²) in [6, 6.07) is 19.1. The van der Waals surface area contributed by atoms with Crippen LogP contribution in [0.25, 0.3) is 21.3 Å². The molecule has 5 aromatic rings. The summed E-state index contributed by atoms with van der Waals surface area (Å²) >= 11 is 3.97. The predicted molar refractivity (Wildman–Crippen MR) is 148 cm³/mol. The van der Waals surface area contributed by atoms with Crippen molar-refractivity contribution >= 4 is 85.0 Å². The fraction of sp³-hybridized carbons (Fsp3) is 0.0833. The highest BCUT2D eigenvalue weighted by atomic mass is 32.2. The molecule has 5 rings (SSSR count). The Morgan fingerprint density at radius 3 is 2.51 bits per heavy atom. The minimum Gasteiger partial charge on any atom is -0.333 e. The largest absolute Gasteiger partial charge is 0.333 e. The first-order chi connectivity index (χ1) is 17.9. The molecule has 0 aliphatic rings. The Morgan fingerprint density at radius 2 is 1.68 bits per heavy atom. The van der Waals surface area contributed by atoms with E-state index in [1.807, 2.05) is 36.4 Å². The quantitative estimate of drug-likeness (QED) is 0.123. The summed E-state index contributed by atoms with van der Waals surface area (Å²) < 4.78 is 1.54. The van der Waals surface area contributed by atoms with Gasteiger partial charge in [0.15, 0.2) is 9.50 Å². The number of amides is 2. The van der Waals surface area contributed by atoms with Crippen molar-refractivity contribution in [1.29, 1.82) is 0 Å². The number of hydrogen-bond acceptors (Lipinski definition) is 9. The zero-order chi connectivity index (χ0) is 25.8. The molecule has 37 heavy (non-hydrogen) atoms. The van der Waals surface area contributed by atoms with E-state index in [0.717, 1.165) is 21.3 Å². The standard InChI is InChI=1S/C24H18N6O4S3/c31-21(12-35-23-27-15-5-1-2-6-16(15)28-23)25-14-9-10-18-20(11-14)37-24(29-18)36-13-22(32)26-17-7-3-4-8-19(17)30(33)34/h1-11H,12-13H2,(H,25,31)(H,26,32)(H,27,28). The fourth-order valence-corrected chi connectivity index (χ4v) is 6.02. The van der Waals surface area contributed by atoms with Gasteiger partial charge in [-0.2, -0.15) is 0 Å². The van der Waals surface area contributed by atoms with Gasteiger partial charge in [-0.15, -0.1) is 11.3 Å². The Hall–Kier alpha value is -3.94. The molecule has 3 N–H and O–H groups in total. The van der Waals surface area contributed by atoms with E-state index >= 15 is 0 Å². The summed E-state index contributed by atoms with van der Waals surface area (Å²) in [5.41, 5.74) is 3.17. The second-order valence-electron chi connectivity index (χ2n) is 7.67. The minimum atomic E-state index is -0.537. The number of nitro groups is 1. The van der Waals surface area contributed by atoms with E-state index in [1.54, 1.807) is 18.2 Å². The van der Waals surface area contributed by atoms with Gasteiger partial charge in [0.05, 0.1) is 37.7 Å². The SMILES string of the molecule is O=C(CSc1nc2ccccc2[nH]1)Nc1ccc2nc(SCC(=O)Nc3ccccc3[N+](=O)[O-])sc2c1. The van der Waals surface area contributed by atoms with Crippen LogP contribution in [0, 0.1) is 10.1 Å². The summed E-state index contributed by atoms with van der Waals surface area (Å²) in [4.78, 5) is 47.5. The average molecular weight is 551 g/mol.